The average Bonchev–Trinajstić information content (AvgIpc) is 3.67. The number of carbonyl (C=O) groups is 2. The lowest BCUT2D eigenvalue weighted by atomic mass is 10.1. The van der Waals surface area contributed by atoms with E-state index in [9.17, 15) is 19.2 Å². The van der Waals surface area contributed by atoms with Crippen LogP contribution in [0, 0.1) is 13.8 Å². The van der Waals surface area contributed by atoms with Crippen LogP contribution >= 0.6 is 0 Å². The van der Waals surface area contributed by atoms with Gasteiger partial charge in [-0.2, -0.15) is 0 Å². The van der Waals surface area contributed by atoms with E-state index in [-0.39, 0.29) is 22.7 Å². The Labute approximate surface area is 214 Å². The Balaban J connectivity index is 0.000000127. The van der Waals surface area contributed by atoms with Crippen molar-refractivity contribution in [1.29, 1.82) is 0 Å². The van der Waals surface area contributed by atoms with Gasteiger partial charge in [-0.1, -0.05) is 23.3 Å². The molecule has 6 aromatic rings. The summed E-state index contributed by atoms with van der Waals surface area (Å²) >= 11 is 0. The first-order valence-corrected chi connectivity index (χ1v) is 12.1. The predicted octanol–water partition coefficient (Wildman–Crippen LogP) is 4.61. The number of nitrogens with zero attached hydrogens (tertiary/aromatic N) is 2. The molecule has 8 heteroatoms. The Kier molecular flexibility index (Phi) is 4.42. The van der Waals surface area contributed by atoms with Crippen LogP contribution in [0.4, 0.5) is 0 Å². The zero-order valence-corrected chi connectivity index (χ0v) is 20.5. The van der Waals surface area contributed by atoms with Crippen molar-refractivity contribution in [3.05, 3.63) is 116 Å². The van der Waals surface area contributed by atoms with Crippen LogP contribution in [0.1, 0.15) is 32.1 Å². The van der Waals surface area contributed by atoms with E-state index in [4.69, 9.17) is 0 Å². The summed E-state index contributed by atoms with van der Waals surface area (Å²) in [5.74, 6) is -0.343. The van der Waals surface area contributed by atoms with Crippen molar-refractivity contribution in [3.63, 3.8) is 0 Å². The summed E-state index contributed by atoms with van der Waals surface area (Å²) in [7, 11) is 0. The lowest BCUT2D eigenvalue weighted by Crippen LogP contribution is -2.11. The van der Waals surface area contributed by atoms with Crippen LogP contribution in [0.25, 0.3) is 44.3 Å². The molecule has 0 atom stereocenters. The highest BCUT2D eigenvalue weighted by Crippen LogP contribution is 2.31. The lowest BCUT2D eigenvalue weighted by molar-refractivity contribution is 0.0957. The Morgan fingerprint density at radius 3 is 1.42 bits per heavy atom. The molecule has 0 radical (unpaired) electrons. The third kappa shape index (κ3) is 2.91. The molecule has 4 aromatic heterocycles. The van der Waals surface area contributed by atoms with Crippen molar-refractivity contribution in [2.75, 3.05) is 0 Å². The average molecular weight is 501 g/mol. The van der Waals surface area contributed by atoms with Crippen LogP contribution in [0.2, 0.25) is 0 Å². The summed E-state index contributed by atoms with van der Waals surface area (Å²) in [5.41, 5.74) is 6.36. The van der Waals surface area contributed by atoms with Gasteiger partial charge in [0.2, 0.25) is 0 Å². The lowest BCUT2D eigenvalue weighted by Gasteiger charge is -2.03. The van der Waals surface area contributed by atoms with E-state index in [1.807, 2.05) is 50.2 Å². The largest absolute Gasteiger partial charge is 0.350 e. The van der Waals surface area contributed by atoms with Crippen molar-refractivity contribution < 1.29 is 9.59 Å². The molecule has 0 saturated heterocycles. The molecule has 2 aromatic carbocycles. The number of H-pyrrole nitrogens is 2. The van der Waals surface area contributed by atoms with Gasteiger partial charge in [0.1, 0.15) is 11.4 Å². The molecule has 2 aliphatic heterocycles. The van der Waals surface area contributed by atoms with Gasteiger partial charge < -0.3 is 9.97 Å². The maximum absolute atomic E-state index is 12.6. The number of hydrogen-bond donors (Lipinski definition) is 2. The summed E-state index contributed by atoms with van der Waals surface area (Å²) in [6, 6.07) is 18.4. The molecule has 2 N–H and O–H groups in total. The number of benzene rings is 2. The van der Waals surface area contributed by atoms with Crippen molar-refractivity contribution in [2.24, 2.45) is 0 Å². The van der Waals surface area contributed by atoms with Gasteiger partial charge in [-0.05, 0) is 62.4 Å². The summed E-state index contributed by atoms with van der Waals surface area (Å²) < 4.78 is 3.02. The van der Waals surface area contributed by atoms with Crippen molar-refractivity contribution in [3.8, 4) is 22.5 Å². The molecule has 8 nitrogen and oxygen atoms in total. The highest BCUT2D eigenvalue weighted by Gasteiger charge is 2.31. The Morgan fingerprint density at radius 2 is 1.00 bits per heavy atom. The standard InChI is InChI=1S/2C15H10N2O2/c2*1-8-4-5-10-9(7-8)14(18)12-11-3-2-6-17(11)15(19)13(12)16-10/h2*2-7H,1H3,(H,16,18). The maximum Gasteiger partial charge on any atom is 0.279 e. The number of pyridine rings is 2. The van der Waals surface area contributed by atoms with Crippen LogP contribution < -0.4 is 10.9 Å². The molecule has 0 bridgehead atoms. The van der Waals surface area contributed by atoms with Crippen LogP contribution in [-0.2, 0) is 0 Å². The normalized spacial score (nSPS) is 12.8. The van der Waals surface area contributed by atoms with Crippen molar-refractivity contribution >= 4 is 33.6 Å². The fraction of sp³-hybridized carbons (Fsp3) is 0.0667. The molecular formula is C30H20N4O4. The third-order valence-electron chi connectivity index (χ3n) is 7.19. The van der Waals surface area contributed by atoms with Crippen LogP contribution in [0.15, 0.2) is 82.6 Å². The summed E-state index contributed by atoms with van der Waals surface area (Å²) in [6.07, 6.45) is 3.36. The second-order valence-electron chi connectivity index (χ2n) is 9.64. The summed E-state index contributed by atoms with van der Waals surface area (Å²) in [6.45, 7) is 3.89. The fourth-order valence-corrected chi connectivity index (χ4v) is 5.37. The second-order valence-corrected chi connectivity index (χ2v) is 9.64. The maximum atomic E-state index is 12.6. The number of fused-ring (bicyclic) bond motifs is 8. The van der Waals surface area contributed by atoms with Gasteiger partial charge in [0.15, 0.2) is 10.9 Å². The predicted molar refractivity (Wildman–Crippen MR) is 145 cm³/mol. The number of aromatic amines is 2. The first-order valence-electron chi connectivity index (χ1n) is 12.1. The number of nitrogens with one attached hydrogen (secondary N) is 2. The number of aromatic nitrogens is 4. The highest BCUT2D eigenvalue weighted by atomic mass is 16.2. The molecule has 38 heavy (non-hydrogen) atoms. The zero-order valence-electron chi connectivity index (χ0n) is 20.5. The van der Waals surface area contributed by atoms with Gasteiger partial charge in [0.05, 0.1) is 22.5 Å². The second kappa shape index (κ2) is 7.63. The molecule has 0 saturated carbocycles. The van der Waals surface area contributed by atoms with E-state index in [0.29, 0.717) is 55.7 Å². The molecule has 0 fully saturated rings. The number of carbonyl (C=O) groups excluding carboxylic acids is 2. The molecule has 184 valence electrons. The molecule has 8 rings (SSSR count). The van der Waals surface area contributed by atoms with Crippen molar-refractivity contribution in [2.45, 2.75) is 13.8 Å². The molecule has 2 aliphatic rings. The molecular weight excluding hydrogens is 480 g/mol. The first kappa shape index (κ1) is 22.0. The number of rotatable bonds is 0. The first-order chi connectivity index (χ1) is 18.3. The van der Waals surface area contributed by atoms with Gasteiger partial charge in [0.25, 0.3) is 11.8 Å². The molecule has 0 spiro atoms. The van der Waals surface area contributed by atoms with Gasteiger partial charge in [-0.3, -0.25) is 28.3 Å². The molecule has 6 heterocycles. The van der Waals surface area contributed by atoms with Crippen molar-refractivity contribution in [1.82, 2.24) is 19.1 Å². The van der Waals surface area contributed by atoms with E-state index in [0.717, 1.165) is 11.1 Å². The smallest absolute Gasteiger partial charge is 0.279 e. The monoisotopic (exact) mass is 500 g/mol. The minimum Gasteiger partial charge on any atom is -0.350 e. The van der Waals surface area contributed by atoms with Crippen LogP contribution in [-0.4, -0.2) is 30.9 Å². The molecule has 0 amide bonds. The van der Waals surface area contributed by atoms with Crippen LogP contribution in [0.5, 0.6) is 0 Å². The van der Waals surface area contributed by atoms with E-state index in [1.165, 1.54) is 9.13 Å². The molecule has 0 unspecified atom stereocenters. The molecule has 0 aliphatic carbocycles. The van der Waals surface area contributed by atoms with Gasteiger partial charge >= 0.3 is 0 Å². The van der Waals surface area contributed by atoms with Gasteiger partial charge in [-0.15, -0.1) is 0 Å². The zero-order chi connectivity index (χ0) is 26.3. The minimum atomic E-state index is -0.172. The SMILES string of the molecule is Cc1ccc2[nH]c3c(c(=O)c2c1)-c1cccn1C3=O.Cc1ccc2[nH]c3c(c(=O)c2c1)-c1cccn1C3=O. The van der Waals surface area contributed by atoms with E-state index in [2.05, 4.69) is 9.97 Å². The van der Waals surface area contributed by atoms with E-state index in [1.54, 1.807) is 36.7 Å². The Bertz CT molecular complexity index is 1980. The minimum absolute atomic E-state index is 0.0850. The highest BCUT2D eigenvalue weighted by molar-refractivity contribution is 6.10. The quantitative estimate of drug-likeness (QED) is 0.317. The number of hydrogen-bond acceptors (Lipinski definition) is 4. The number of aryl methyl sites for hydroxylation is 2. The summed E-state index contributed by atoms with van der Waals surface area (Å²) in [4.78, 5) is 55.8. The van der Waals surface area contributed by atoms with Gasteiger partial charge in [-0.25, -0.2) is 0 Å². The third-order valence-corrected chi connectivity index (χ3v) is 7.19. The van der Waals surface area contributed by atoms with Crippen LogP contribution in [0.3, 0.4) is 0 Å². The van der Waals surface area contributed by atoms with E-state index >= 15 is 0 Å². The fourth-order valence-electron chi connectivity index (χ4n) is 5.37. The van der Waals surface area contributed by atoms with Gasteiger partial charge in [0, 0.05) is 34.2 Å². The summed E-state index contributed by atoms with van der Waals surface area (Å²) in [5, 5.41) is 1.25. The van der Waals surface area contributed by atoms with E-state index < -0.39 is 0 Å². The topological polar surface area (TPSA) is 110 Å². The Morgan fingerprint density at radius 1 is 0.579 bits per heavy atom. The Hall–Kier alpha value is -5.24.